The minimum atomic E-state index is -4.92. The van der Waals surface area contributed by atoms with Crippen LogP contribution in [0.3, 0.4) is 0 Å². The second-order valence-corrected chi connectivity index (χ2v) is 19.9. The van der Waals surface area contributed by atoms with E-state index >= 15 is 0 Å². The molecule has 0 aliphatic carbocycles. The zero-order valence-electron chi connectivity index (χ0n) is 28.9. The van der Waals surface area contributed by atoms with E-state index < -0.39 is 27.6 Å². The summed E-state index contributed by atoms with van der Waals surface area (Å²) in [7, 11) is -9.36. The van der Waals surface area contributed by atoms with Gasteiger partial charge in [-0.05, 0) is 25.7 Å². The summed E-state index contributed by atoms with van der Waals surface area (Å²) in [6.07, 6.45) is 21.4. The smallest absolute Gasteiger partial charge is 0.215 e. The summed E-state index contributed by atoms with van der Waals surface area (Å²) >= 11 is 0. The fraction of sp³-hybridized carbons (Fsp3) is 0.935. The molecule has 0 rings (SSSR count). The average Bonchev–Trinajstić information content (AvgIpc) is 2.92. The first-order valence-corrected chi connectivity index (χ1v) is 22.5. The molecule has 0 radical (unpaired) electrons. The molecule has 43 heavy (non-hydrogen) atoms. The summed E-state index contributed by atoms with van der Waals surface area (Å²) in [6.45, 7) is 22.1. The van der Waals surface area contributed by atoms with Crippen LogP contribution in [0.4, 0.5) is 0 Å². The number of quaternary nitrogens is 1. The van der Waals surface area contributed by atoms with Crippen molar-refractivity contribution in [3.63, 3.8) is 0 Å². The van der Waals surface area contributed by atoms with Gasteiger partial charge in [0.05, 0.1) is 26.2 Å². The number of unbranched alkanes of at least 4 members (excludes halogenated alkanes) is 7. The maximum atomic E-state index is 11.5. The van der Waals surface area contributed by atoms with Crippen molar-refractivity contribution in [2.45, 2.75) is 138 Å². The molecule has 0 aromatic heterocycles. The molecule has 0 saturated carbocycles. The average molecular weight is 680 g/mol. The maximum Gasteiger partial charge on any atom is 0.215 e. The molecule has 0 aromatic rings. The molecule has 0 aliphatic rings. The van der Waals surface area contributed by atoms with Gasteiger partial charge in [0.1, 0.15) is 0 Å². The molecule has 0 atom stereocenters. The van der Waals surface area contributed by atoms with Gasteiger partial charge in [0.2, 0.25) is 10.4 Å². The van der Waals surface area contributed by atoms with Gasteiger partial charge < -0.3 is 9.04 Å². The van der Waals surface area contributed by atoms with E-state index in [1.807, 2.05) is 0 Å². The molecule has 0 aliphatic heterocycles. The van der Waals surface area contributed by atoms with Crippen LogP contribution in [0.15, 0.2) is 12.7 Å². The Balaban J connectivity index is -0.000000652. The number of hydrogen-bond acceptors (Lipinski definition) is 6. The van der Waals surface area contributed by atoms with Gasteiger partial charge in [0.15, 0.2) is 0 Å². The summed E-state index contributed by atoms with van der Waals surface area (Å²) < 4.78 is 72.3. The quantitative estimate of drug-likeness (QED) is 0.0320. The predicted octanol–water partition coefficient (Wildman–Crippen LogP) is 8.87. The Hall–Kier alpha value is -0.130. The molecule has 0 spiro atoms. The van der Waals surface area contributed by atoms with E-state index in [0.29, 0.717) is 6.16 Å². The molecule has 2 N–H and O–H groups in total. The van der Waals surface area contributed by atoms with Gasteiger partial charge in [0, 0.05) is 0 Å². The van der Waals surface area contributed by atoms with Crippen LogP contribution in [0.2, 0.25) is 0 Å². The summed E-state index contributed by atoms with van der Waals surface area (Å²) in [5, 5.41) is 0. The Labute approximate surface area is 267 Å². The summed E-state index contributed by atoms with van der Waals surface area (Å²) in [5.74, 6) is 0. The van der Waals surface area contributed by atoms with Crippen molar-refractivity contribution in [2.24, 2.45) is 0 Å². The largest absolute Gasteiger partial charge is 0.726 e. The van der Waals surface area contributed by atoms with Crippen LogP contribution < -0.4 is 0 Å². The first kappa shape index (κ1) is 47.3. The zero-order chi connectivity index (χ0) is 33.9. The second kappa shape index (κ2) is 26.0. The molecule has 0 unspecified atom stereocenters. The number of nitrogens with zero attached hydrogens (tertiary/aromatic N) is 1. The summed E-state index contributed by atoms with van der Waals surface area (Å²) in [4.78, 5) is 0. The van der Waals surface area contributed by atoms with Gasteiger partial charge in [-0.2, -0.15) is 0 Å². The SMILES string of the molecule is C=CCP(CCCC)(CCCC)(CCCC)OS(=O)(=O)O.CCCC[N+](CCCC)(CCCC)CCCC.O=S(=O)([O-])O. The van der Waals surface area contributed by atoms with E-state index in [2.05, 4.69) is 55.0 Å². The molecule has 264 valence electrons. The molecular weight excluding hydrogens is 609 g/mol. The minimum Gasteiger partial charge on any atom is -0.726 e. The van der Waals surface area contributed by atoms with Crippen LogP contribution in [0, 0.1) is 0 Å². The van der Waals surface area contributed by atoms with Crippen molar-refractivity contribution in [3.8, 4) is 0 Å². The fourth-order valence-electron chi connectivity index (χ4n) is 5.66. The number of hydrogen-bond donors (Lipinski definition) is 2. The Morgan fingerprint density at radius 3 is 1.07 bits per heavy atom. The topological polar surface area (TPSA) is 141 Å². The van der Waals surface area contributed by atoms with E-state index in [0.717, 1.165) is 57.0 Å². The van der Waals surface area contributed by atoms with Crippen LogP contribution in [0.1, 0.15) is 138 Å². The third-order valence-corrected chi connectivity index (χ3v) is 16.0. The number of allylic oxidation sites excluding steroid dienone is 1. The van der Waals surface area contributed by atoms with Crippen LogP contribution in [-0.4, -0.2) is 85.8 Å². The normalized spacial score (nSPS) is 13.2. The molecule has 0 fully saturated rings. The molecule has 0 saturated heterocycles. The van der Waals surface area contributed by atoms with E-state index in [9.17, 15) is 13.0 Å². The zero-order valence-corrected chi connectivity index (χ0v) is 31.4. The first-order valence-electron chi connectivity index (χ1n) is 16.8. The van der Waals surface area contributed by atoms with Gasteiger partial charge in [-0.3, -0.25) is 4.55 Å². The molecule has 0 heterocycles. The monoisotopic (exact) mass is 679 g/mol. The van der Waals surface area contributed by atoms with Gasteiger partial charge in [-0.1, -0.05) is 53.4 Å². The van der Waals surface area contributed by atoms with E-state index in [-0.39, 0.29) is 0 Å². The van der Waals surface area contributed by atoms with Crippen molar-refractivity contribution in [3.05, 3.63) is 12.7 Å². The third-order valence-electron chi connectivity index (χ3n) is 8.07. The van der Waals surface area contributed by atoms with Crippen LogP contribution in [-0.2, 0) is 24.8 Å². The summed E-state index contributed by atoms with van der Waals surface area (Å²) in [6, 6.07) is 0. The summed E-state index contributed by atoms with van der Waals surface area (Å²) in [5.41, 5.74) is 0. The molecule has 12 heteroatoms. The molecule has 0 bridgehead atoms. The molecule has 9 nitrogen and oxygen atoms in total. The minimum absolute atomic E-state index is 0.575. The van der Waals surface area contributed by atoms with Crippen LogP contribution >= 0.6 is 6.83 Å². The van der Waals surface area contributed by atoms with Crippen LogP contribution in [0.5, 0.6) is 0 Å². The fourth-order valence-corrected chi connectivity index (χ4v) is 14.2. The Bertz CT molecular complexity index is 812. The first-order chi connectivity index (χ1) is 20.0. The van der Waals surface area contributed by atoms with Crippen molar-refractivity contribution in [1.29, 1.82) is 0 Å². The van der Waals surface area contributed by atoms with E-state index in [4.69, 9.17) is 21.5 Å². The standard InChI is InChI=1S/C16H36N.C15H33O4PS.H2O4S/c1-5-9-13-17(14-10-6-2,15-11-7-3)16-12-8-4;1-5-9-13-20(12-8-4,14-10-6-2,15-11-7-3)19-21(16,17)18;1-5(2,3)4/h5-16H2,1-4H3;8H,4-7,9-15H2,1-3H3,(H,16,17,18);(H2,1,2,3,4)/q+1;;/p-1. The van der Waals surface area contributed by atoms with Gasteiger partial charge in [-0.25, -0.2) is 8.42 Å². The molecular formula is C31H70NO8PS2. The number of rotatable bonds is 25. The van der Waals surface area contributed by atoms with Crippen molar-refractivity contribution >= 4 is 27.6 Å². The molecule has 0 aromatic carbocycles. The van der Waals surface area contributed by atoms with Gasteiger partial charge >= 0.3 is 131 Å². The van der Waals surface area contributed by atoms with Crippen molar-refractivity contribution in [1.82, 2.24) is 0 Å². The Morgan fingerprint density at radius 2 is 0.884 bits per heavy atom. The van der Waals surface area contributed by atoms with Crippen LogP contribution in [0.25, 0.3) is 0 Å². The van der Waals surface area contributed by atoms with E-state index in [1.165, 1.54) is 82.0 Å². The van der Waals surface area contributed by atoms with E-state index in [1.54, 1.807) is 6.08 Å². The second-order valence-electron chi connectivity index (χ2n) is 12.1. The maximum absolute atomic E-state index is 11.5. The van der Waals surface area contributed by atoms with Gasteiger partial charge in [0.25, 0.3) is 0 Å². The van der Waals surface area contributed by atoms with Gasteiger partial charge in [-0.15, -0.1) is 0 Å². The predicted molar refractivity (Wildman–Crippen MR) is 186 cm³/mol. The Morgan fingerprint density at radius 1 is 0.628 bits per heavy atom. The Kier molecular flexibility index (Phi) is 28.6. The molecule has 0 amide bonds. The van der Waals surface area contributed by atoms with Crippen molar-refractivity contribution < 1.29 is 38.9 Å². The third kappa shape index (κ3) is 26.8. The van der Waals surface area contributed by atoms with Crippen molar-refractivity contribution in [2.75, 3.05) is 50.8 Å².